The third-order valence-corrected chi connectivity index (χ3v) is 5.00. The van der Waals surface area contributed by atoms with Crippen LogP contribution in [0.5, 0.6) is 23.0 Å². The Morgan fingerprint density at radius 3 is 2.16 bits per heavy atom. The maximum atomic E-state index is 5.99. The van der Waals surface area contributed by atoms with Gasteiger partial charge in [-0.2, -0.15) is 0 Å². The van der Waals surface area contributed by atoms with Gasteiger partial charge in [-0.05, 0) is 42.5 Å². The molecule has 1 aliphatic rings. The van der Waals surface area contributed by atoms with Crippen molar-refractivity contribution in [2.75, 3.05) is 35.0 Å². The molecule has 170 valence electrons. The van der Waals surface area contributed by atoms with Crippen molar-refractivity contribution in [3.63, 3.8) is 0 Å². The zero-order valence-corrected chi connectivity index (χ0v) is 20.9. The quantitative estimate of drug-likeness (QED) is 0.270. The predicted molar refractivity (Wildman–Crippen MR) is 133 cm³/mol. The number of ether oxygens (including phenoxy) is 4. The summed E-state index contributed by atoms with van der Waals surface area (Å²) in [6.45, 7) is 1.97. The van der Waals surface area contributed by atoms with E-state index in [9.17, 15) is 0 Å². The van der Waals surface area contributed by atoms with Gasteiger partial charge in [-0.1, -0.05) is 18.2 Å². The molecule has 2 aromatic carbocycles. The van der Waals surface area contributed by atoms with Crippen molar-refractivity contribution in [2.45, 2.75) is 25.9 Å². The first-order chi connectivity index (χ1) is 14.7. The molecule has 1 aliphatic carbocycles. The highest BCUT2D eigenvalue weighted by Gasteiger charge is 2.22. The first-order valence-electron chi connectivity index (χ1n) is 10.1. The average molecular weight is 541 g/mol. The molecule has 3 rings (SSSR count). The minimum Gasteiger partial charge on any atom is -0.493 e. The van der Waals surface area contributed by atoms with Crippen LogP contribution in [0.15, 0.2) is 41.4 Å². The molecule has 8 heteroatoms. The summed E-state index contributed by atoms with van der Waals surface area (Å²) in [7, 11) is 6.56. The smallest absolute Gasteiger partial charge is 0.203 e. The van der Waals surface area contributed by atoms with Crippen molar-refractivity contribution >= 4 is 29.9 Å². The molecule has 2 aromatic rings. The van der Waals surface area contributed by atoms with Crippen LogP contribution in [-0.2, 0) is 13.1 Å². The first-order valence-corrected chi connectivity index (χ1v) is 10.1. The van der Waals surface area contributed by atoms with Crippen molar-refractivity contribution in [2.24, 2.45) is 10.9 Å². The molecule has 0 saturated heterocycles. The van der Waals surface area contributed by atoms with E-state index in [1.165, 1.54) is 12.8 Å². The zero-order chi connectivity index (χ0) is 21.3. The molecule has 1 fully saturated rings. The van der Waals surface area contributed by atoms with Gasteiger partial charge >= 0.3 is 0 Å². The van der Waals surface area contributed by atoms with Gasteiger partial charge in [0.2, 0.25) is 5.75 Å². The fourth-order valence-electron chi connectivity index (χ4n) is 3.11. The van der Waals surface area contributed by atoms with Crippen LogP contribution in [0.4, 0.5) is 0 Å². The van der Waals surface area contributed by atoms with Gasteiger partial charge in [0.05, 0.1) is 27.9 Å². The molecule has 0 spiro atoms. The maximum Gasteiger partial charge on any atom is 0.203 e. The van der Waals surface area contributed by atoms with Gasteiger partial charge in [-0.3, -0.25) is 4.99 Å². The van der Waals surface area contributed by atoms with Crippen LogP contribution in [0.2, 0.25) is 0 Å². The number of halogens is 1. The Labute approximate surface area is 201 Å². The first kappa shape index (κ1) is 24.9. The van der Waals surface area contributed by atoms with Crippen LogP contribution in [0.3, 0.4) is 0 Å². The topological polar surface area (TPSA) is 73.3 Å². The fourth-order valence-corrected chi connectivity index (χ4v) is 3.11. The Morgan fingerprint density at radius 1 is 0.935 bits per heavy atom. The number of rotatable bonds is 10. The number of guanidine groups is 1. The molecular weight excluding hydrogens is 509 g/mol. The molecule has 0 aromatic heterocycles. The molecular formula is C23H32IN3O4. The van der Waals surface area contributed by atoms with Crippen molar-refractivity contribution in [1.29, 1.82) is 0 Å². The van der Waals surface area contributed by atoms with Gasteiger partial charge in [-0.15, -0.1) is 24.0 Å². The zero-order valence-electron chi connectivity index (χ0n) is 18.6. The second-order valence-corrected chi connectivity index (χ2v) is 7.18. The van der Waals surface area contributed by atoms with Crippen molar-refractivity contribution in [1.82, 2.24) is 10.6 Å². The molecule has 0 unspecified atom stereocenters. The molecule has 0 amide bonds. The Hall–Kier alpha value is -2.36. The molecule has 0 atom stereocenters. The van der Waals surface area contributed by atoms with E-state index in [1.54, 1.807) is 28.4 Å². The number of hydrogen-bond donors (Lipinski definition) is 2. The van der Waals surface area contributed by atoms with Gasteiger partial charge in [0, 0.05) is 25.7 Å². The number of nitrogens with zero attached hydrogens (tertiary/aromatic N) is 1. The number of methoxy groups -OCH3 is 3. The van der Waals surface area contributed by atoms with E-state index in [-0.39, 0.29) is 24.0 Å². The third-order valence-electron chi connectivity index (χ3n) is 5.00. The minimum absolute atomic E-state index is 0. The average Bonchev–Trinajstić information content (AvgIpc) is 3.62. The third kappa shape index (κ3) is 7.09. The highest BCUT2D eigenvalue weighted by Crippen LogP contribution is 2.38. The van der Waals surface area contributed by atoms with Crippen molar-refractivity contribution in [3.05, 3.63) is 47.5 Å². The second kappa shape index (κ2) is 12.5. The predicted octanol–water partition coefficient (Wildman–Crippen LogP) is 3.98. The number of hydrogen-bond acceptors (Lipinski definition) is 5. The van der Waals surface area contributed by atoms with Crippen LogP contribution in [0.25, 0.3) is 0 Å². The minimum atomic E-state index is 0. The van der Waals surface area contributed by atoms with Crippen LogP contribution in [-0.4, -0.2) is 40.9 Å². The lowest BCUT2D eigenvalue weighted by molar-refractivity contribution is 0.296. The van der Waals surface area contributed by atoms with E-state index in [0.717, 1.165) is 29.4 Å². The summed E-state index contributed by atoms with van der Waals surface area (Å²) in [6.07, 6.45) is 2.55. The van der Waals surface area contributed by atoms with Crippen LogP contribution >= 0.6 is 24.0 Å². The lowest BCUT2D eigenvalue weighted by Gasteiger charge is -2.16. The normalized spacial score (nSPS) is 13.1. The van der Waals surface area contributed by atoms with E-state index in [4.69, 9.17) is 18.9 Å². The van der Waals surface area contributed by atoms with E-state index in [2.05, 4.69) is 21.7 Å². The second-order valence-electron chi connectivity index (χ2n) is 7.18. The van der Waals surface area contributed by atoms with Gasteiger partial charge < -0.3 is 29.6 Å². The van der Waals surface area contributed by atoms with E-state index in [1.807, 2.05) is 30.3 Å². The summed E-state index contributed by atoms with van der Waals surface area (Å²) < 4.78 is 22.2. The van der Waals surface area contributed by atoms with Gasteiger partial charge in [0.1, 0.15) is 5.75 Å². The largest absolute Gasteiger partial charge is 0.493 e. The highest BCUT2D eigenvalue weighted by atomic mass is 127. The fraction of sp³-hybridized carbons (Fsp3) is 0.435. The molecule has 2 N–H and O–H groups in total. The summed E-state index contributed by atoms with van der Waals surface area (Å²) in [6, 6.07) is 12.0. The monoisotopic (exact) mass is 541 g/mol. The SMILES string of the molecule is CN=C(NCc1cc(OC)c(OC)c(OC)c1)NCc1ccccc1OCC1CC1.I. The summed E-state index contributed by atoms with van der Waals surface area (Å²) >= 11 is 0. The Balaban J connectivity index is 0.00000341. The lowest BCUT2D eigenvalue weighted by Crippen LogP contribution is -2.36. The summed E-state index contributed by atoms with van der Waals surface area (Å²) in [5.41, 5.74) is 2.09. The number of nitrogens with one attached hydrogen (secondary N) is 2. The standard InChI is InChI=1S/C23H31N3O4.HI/c1-24-23(25-13-17-11-20(27-2)22(29-4)21(12-17)28-3)26-14-18-7-5-6-8-19(18)30-15-16-9-10-16;/h5-8,11-12,16H,9-10,13-15H2,1-4H3,(H2,24,25,26);1H. The number of para-hydroxylation sites is 1. The van der Waals surface area contributed by atoms with E-state index in [0.29, 0.717) is 36.3 Å². The molecule has 1 saturated carbocycles. The summed E-state index contributed by atoms with van der Waals surface area (Å²) in [5, 5.41) is 6.67. The lowest BCUT2D eigenvalue weighted by atomic mass is 10.1. The summed E-state index contributed by atoms with van der Waals surface area (Å²) in [5.74, 6) is 4.17. The number of benzene rings is 2. The molecule has 0 radical (unpaired) electrons. The van der Waals surface area contributed by atoms with Gasteiger partial charge in [0.25, 0.3) is 0 Å². The molecule has 31 heavy (non-hydrogen) atoms. The Kier molecular flexibility index (Phi) is 10.0. The van der Waals surface area contributed by atoms with E-state index < -0.39 is 0 Å². The van der Waals surface area contributed by atoms with Crippen LogP contribution in [0.1, 0.15) is 24.0 Å². The maximum absolute atomic E-state index is 5.99. The Bertz CT molecular complexity index is 847. The van der Waals surface area contributed by atoms with E-state index >= 15 is 0 Å². The Morgan fingerprint density at radius 2 is 1.58 bits per heavy atom. The number of aliphatic imine (C=N–C) groups is 1. The van der Waals surface area contributed by atoms with Gasteiger partial charge in [-0.25, -0.2) is 0 Å². The summed E-state index contributed by atoms with van der Waals surface area (Å²) in [4.78, 5) is 4.32. The highest BCUT2D eigenvalue weighted by molar-refractivity contribution is 14.0. The molecule has 0 bridgehead atoms. The van der Waals surface area contributed by atoms with Gasteiger partial charge in [0.15, 0.2) is 17.5 Å². The molecule has 7 nitrogen and oxygen atoms in total. The molecule has 0 aliphatic heterocycles. The van der Waals surface area contributed by atoms with Crippen molar-refractivity contribution in [3.8, 4) is 23.0 Å². The molecule has 0 heterocycles. The van der Waals surface area contributed by atoms with Crippen molar-refractivity contribution < 1.29 is 18.9 Å². The van der Waals surface area contributed by atoms with Crippen LogP contribution < -0.4 is 29.6 Å². The van der Waals surface area contributed by atoms with Crippen LogP contribution in [0, 0.1) is 5.92 Å².